The average molecular weight is 420 g/mol. The molecule has 2 heterocycles. The molecule has 3 aromatic carbocycles. The topological polar surface area (TPSA) is 59.4 Å². The highest BCUT2D eigenvalue weighted by molar-refractivity contribution is 7.98. The van der Waals surface area contributed by atoms with Crippen molar-refractivity contribution in [1.29, 1.82) is 0 Å². The molecule has 0 radical (unpaired) electrons. The van der Waals surface area contributed by atoms with Crippen LogP contribution in [0, 0.1) is 0 Å². The number of H-pyrrole nitrogens is 1. The zero-order valence-corrected chi connectivity index (χ0v) is 17.0. The third-order valence-corrected chi connectivity index (χ3v) is 5.40. The Balaban J connectivity index is 0.00000205. The summed E-state index contributed by atoms with van der Waals surface area (Å²) in [6.07, 6.45) is 0. The molecule has 0 aliphatic rings. The molecule has 5 aromatic rings. The Morgan fingerprint density at radius 1 is 0.793 bits per heavy atom. The number of aromatic amines is 1. The number of aromatic nitrogens is 5. The van der Waals surface area contributed by atoms with Crippen LogP contribution in [0.4, 0.5) is 0 Å². The van der Waals surface area contributed by atoms with Crippen molar-refractivity contribution >= 4 is 35.2 Å². The second-order valence-electron chi connectivity index (χ2n) is 6.33. The van der Waals surface area contributed by atoms with Gasteiger partial charge in [0.05, 0.1) is 16.8 Å². The lowest BCUT2D eigenvalue weighted by Gasteiger charge is -2.09. The molecule has 7 heteroatoms. The van der Waals surface area contributed by atoms with Crippen molar-refractivity contribution in [1.82, 2.24) is 24.7 Å². The van der Waals surface area contributed by atoms with Gasteiger partial charge in [-0.15, -0.1) is 22.6 Å². The van der Waals surface area contributed by atoms with Crippen LogP contribution in [-0.2, 0) is 5.75 Å². The van der Waals surface area contributed by atoms with Crippen LogP contribution in [0.3, 0.4) is 0 Å². The van der Waals surface area contributed by atoms with Crippen molar-refractivity contribution in [3.8, 4) is 17.1 Å². The molecular formula is C22H18ClN5S. The minimum atomic E-state index is 0. The molecular weight excluding hydrogens is 402 g/mol. The van der Waals surface area contributed by atoms with E-state index in [0.717, 1.165) is 39.1 Å². The highest BCUT2D eigenvalue weighted by Gasteiger charge is 2.16. The number of fused-ring (bicyclic) bond motifs is 1. The van der Waals surface area contributed by atoms with Gasteiger partial charge in [-0.05, 0) is 24.3 Å². The minimum absolute atomic E-state index is 0. The van der Waals surface area contributed by atoms with Crippen LogP contribution in [0.2, 0.25) is 0 Å². The predicted molar refractivity (Wildman–Crippen MR) is 120 cm³/mol. The number of halogens is 1. The number of nitrogens with zero attached hydrogens (tertiary/aromatic N) is 4. The van der Waals surface area contributed by atoms with Crippen LogP contribution in [0.15, 0.2) is 90.1 Å². The Hall–Kier alpha value is -3.09. The first-order valence-corrected chi connectivity index (χ1v) is 10.00. The summed E-state index contributed by atoms with van der Waals surface area (Å²) < 4.78 is 2.10. The molecule has 29 heavy (non-hydrogen) atoms. The van der Waals surface area contributed by atoms with Crippen LogP contribution in [0.5, 0.6) is 0 Å². The second kappa shape index (κ2) is 8.51. The van der Waals surface area contributed by atoms with E-state index in [0.29, 0.717) is 5.75 Å². The van der Waals surface area contributed by atoms with E-state index in [1.807, 2.05) is 60.7 Å². The van der Waals surface area contributed by atoms with E-state index in [1.165, 1.54) is 0 Å². The largest absolute Gasteiger partial charge is 0.341 e. The van der Waals surface area contributed by atoms with Gasteiger partial charge in [-0.1, -0.05) is 72.4 Å². The van der Waals surface area contributed by atoms with Gasteiger partial charge in [-0.3, -0.25) is 4.57 Å². The summed E-state index contributed by atoms with van der Waals surface area (Å²) in [5.41, 5.74) is 4.10. The average Bonchev–Trinajstić information content (AvgIpc) is 3.37. The summed E-state index contributed by atoms with van der Waals surface area (Å²) in [6.45, 7) is 0. The van der Waals surface area contributed by atoms with E-state index in [4.69, 9.17) is 0 Å². The standard InChI is InChI=1S/C22H17N5S.ClH/c1-3-9-16(10-4-1)21-25-26-22(27(21)17-11-5-2-6-12-17)28-15-20-23-18-13-7-8-14-19(18)24-20;/h1-14H,15H2,(H,23,24);1H. The van der Waals surface area contributed by atoms with E-state index < -0.39 is 0 Å². The number of imidazole rings is 1. The fourth-order valence-corrected chi connectivity index (χ4v) is 3.98. The number of para-hydroxylation sites is 3. The number of rotatable bonds is 5. The van der Waals surface area contributed by atoms with Crippen molar-refractivity contribution in [2.45, 2.75) is 10.9 Å². The fraction of sp³-hybridized carbons (Fsp3) is 0.0455. The smallest absolute Gasteiger partial charge is 0.196 e. The molecule has 144 valence electrons. The molecule has 0 amide bonds. The summed E-state index contributed by atoms with van der Waals surface area (Å²) in [6, 6.07) is 28.4. The van der Waals surface area contributed by atoms with Crippen molar-refractivity contribution < 1.29 is 0 Å². The Morgan fingerprint density at radius 2 is 1.48 bits per heavy atom. The zero-order valence-electron chi connectivity index (χ0n) is 15.4. The highest BCUT2D eigenvalue weighted by Crippen LogP contribution is 2.29. The summed E-state index contributed by atoms with van der Waals surface area (Å²) in [5, 5.41) is 9.79. The molecule has 0 fully saturated rings. The molecule has 0 spiro atoms. The van der Waals surface area contributed by atoms with Gasteiger partial charge in [0.1, 0.15) is 5.82 Å². The molecule has 2 aromatic heterocycles. The monoisotopic (exact) mass is 419 g/mol. The Morgan fingerprint density at radius 3 is 2.24 bits per heavy atom. The SMILES string of the molecule is Cl.c1ccc(-c2nnc(SCc3nc4ccccc4[nH]3)n2-c2ccccc2)cc1. The summed E-state index contributed by atoms with van der Waals surface area (Å²) in [4.78, 5) is 8.04. The number of nitrogens with one attached hydrogen (secondary N) is 1. The highest BCUT2D eigenvalue weighted by atomic mass is 35.5. The Kier molecular flexibility index (Phi) is 5.64. The van der Waals surface area contributed by atoms with Crippen molar-refractivity contribution in [2.24, 2.45) is 0 Å². The van der Waals surface area contributed by atoms with Gasteiger partial charge < -0.3 is 4.98 Å². The minimum Gasteiger partial charge on any atom is -0.341 e. The molecule has 0 saturated heterocycles. The van der Waals surface area contributed by atoms with Crippen molar-refractivity contribution in [3.05, 3.63) is 90.8 Å². The van der Waals surface area contributed by atoms with Crippen LogP contribution < -0.4 is 0 Å². The van der Waals surface area contributed by atoms with Gasteiger partial charge in [0.25, 0.3) is 0 Å². The molecule has 5 nitrogen and oxygen atoms in total. The normalized spacial score (nSPS) is 10.8. The van der Waals surface area contributed by atoms with E-state index in [9.17, 15) is 0 Å². The molecule has 0 unspecified atom stereocenters. The lowest BCUT2D eigenvalue weighted by atomic mass is 10.2. The molecule has 0 atom stereocenters. The fourth-order valence-electron chi connectivity index (χ4n) is 3.15. The van der Waals surface area contributed by atoms with E-state index >= 15 is 0 Å². The van der Waals surface area contributed by atoms with Gasteiger partial charge in [-0.25, -0.2) is 4.98 Å². The molecule has 0 aliphatic carbocycles. The summed E-state index contributed by atoms with van der Waals surface area (Å²) in [5.74, 6) is 2.45. The third-order valence-electron chi connectivity index (χ3n) is 4.46. The lowest BCUT2D eigenvalue weighted by molar-refractivity contribution is 0.884. The lowest BCUT2D eigenvalue weighted by Crippen LogP contribution is -1.99. The number of thioether (sulfide) groups is 1. The van der Waals surface area contributed by atoms with E-state index in [1.54, 1.807) is 11.8 Å². The van der Waals surface area contributed by atoms with Crippen LogP contribution in [-0.4, -0.2) is 24.7 Å². The number of hydrogen-bond donors (Lipinski definition) is 1. The van der Waals surface area contributed by atoms with Crippen LogP contribution in [0.1, 0.15) is 5.82 Å². The third kappa shape index (κ3) is 3.90. The van der Waals surface area contributed by atoms with Crippen molar-refractivity contribution in [3.63, 3.8) is 0 Å². The Bertz CT molecular complexity index is 1180. The van der Waals surface area contributed by atoms with Gasteiger partial charge in [0.15, 0.2) is 11.0 Å². The molecule has 0 saturated carbocycles. The van der Waals surface area contributed by atoms with E-state index in [-0.39, 0.29) is 12.4 Å². The predicted octanol–water partition coefficient (Wildman–Crippen LogP) is 5.52. The summed E-state index contributed by atoms with van der Waals surface area (Å²) in [7, 11) is 0. The molecule has 5 rings (SSSR count). The van der Waals surface area contributed by atoms with Crippen LogP contribution >= 0.6 is 24.2 Å². The van der Waals surface area contributed by atoms with Crippen LogP contribution in [0.25, 0.3) is 28.1 Å². The summed E-state index contributed by atoms with van der Waals surface area (Å²) >= 11 is 1.62. The number of hydrogen-bond acceptors (Lipinski definition) is 4. The van der Waals surface area contributed by atoms with Gasteiger partial charge in [0, 0.05) is 11.3 Å². The van der Waals surface area contributed by atoms with Gasteiger partial charge >= 0.3 is 0 Å². The maximum absolute atomic E-state index is 4.66. The number of benzene rings is 3. The first kappa shape index (κ1) is 19.2. The van der Waals surface area contributed by atoms with Gasteiger partial charge in [-0.2, -0.15) is 0 Å². The second-order valence-corrected chi connectivity index (χ2v) is 7.27. The van der Waals surface area contributed by atoms with Gasteiger partial charge in [0.2, 0.25) is 0 Å². The molecule has 0 aliphatic heterocycles. The maximum Gasteiger partial charge on any atom is 0.196 e. The van der Waals surface area contributed by atoms with E-state index in [2.05, 4.69) is 49.0 Å². The quantitative estimate of drug-likeness (QED) is 0.381. The van der Waals surface area contributed by atoms with Crippen molar-refractivity contribution in [2.75, 3.05) is 0 Å². The first-order valence-electron chi connectivity index (χ1n) is 9.01. The molecule has 1 N–H and O–H groups in total. The first-order chi connectivity index (χ1) is 13.9. The maximum atomic E-state index is 4.66. The molecule has 0 bridgehead atoms. The zero-order chi connectivity index (χ0) is 18.8. The Labute approximate surface area is 178 Å².